The quantitative estimate of drug-likeness (QED) is 0.248. The van der Waals surface area contributed by atoms with Crippen molar-refractivity contribution in [2.24, 2.45) is 0 Å². The van der Waals surface area contributed by atoms with E-state index >= 15 is 0 Å². The molecule has 180 valence electrons. The number of hydrogen-bond donors (Lipinski definition) is 0. The van der Waals surface area contributed by atoms with Crippen molar-refractivity contribution < 1.29 is 19.1 Å². The first-order valence-electron chi connectivity index (χ1n) is 10.7. The average Bonchev–Trinajstić information content (AvgIpc) is 3.09. The van der Waals surface area contributed by atoms with Gasteiger partial charge in [0.25, 0.3) is 11.1 Å². The number of nitrogens with zero attached hydrogens (tertiary/aromatic N) is 1. The summed E-state index contributed by atoms with van der Waals surface area (Å²) in [6.07, 6.45) is 1.66. The van der Waals surface area contributed by atoms with Gasteiger partial charge in [0.1, 0.15) is 6.61 Å². The lowest BCUT2D eigenvalue weighted by Gasteiger charge is -2.15. The number of benzene rings is 3. The van der Waals surface area contributed by atoms with Crippen LogP contribution in [-0.4, -0.2) is 22.7 Å². The fourth-order valence-electron chi connectivity index (χ4n) is 3.43. The van der Waals surface area contributed by atoms with Crippen LogP contribution in [-0.2, 0) is 17.9 Å². The maximum absolute atomic E-state index is 13.0. The van der Waals surface area contributed by atoms with Crippen LogP contribution in [0.1, 0.15) is 23.6 Å². The fraction of sp³-hybridized carbons (Fsp3) is 0.154. The summed E-state index contributed by atoms with van der Waals surface area (Å²) in [6, 6.07) is 18.5. The van der Waals surface area contributed by atoms with E-state index in [4.69, 9.17) is 32.7 Å². The molecule has 0 aliphatic carbocycles. The molecule has 3 aromatic rings. The number of imide groups is 1. The summed E-state index contributed by atoms with van der Waals surface area (Å²) in [4.78, 5) is 27.1. The minimum atomic E-state index is -0.408. The van der Waals surface area contributed by atoms with Crippen molar-refractivity contribution in [1.29, 1.82) is 0 Å². The third-order valence-corrected chi connectivity index (χ3v) is 7.31. The van der Waals surface area contributed by atoms with E-state index in [1.165, 1.54) is 0 Å². The van der Waals surface area contributed by atoms with E-state index < -0.39 is 5.91 Å². The summed E-state index contributed by atoms with van der Waals surface area (Å²) < 4.78 is 12.5. The fourth-order valence-corrected chi connectivity index (χ4v) is 5.36. The van der Waals surface area contributed by atoms with Crippen LogP contribution in [0.15, 0.2) is 70.0 Å². The van der Waals surface area contributed by atoms with E-state index in [2.05, 4.69) is 15.9 Å². The van der Waals surface area contributed by atoms with Crippen LogP contribution in [0.4, 0.5) is 4.79 Å². The zero-order valence-corrected chi connectivity index (χ0v) is 22.5. The SMILES string of the molecule is CCOc1cc(/C=C2/SC(=O)N(Cc3c(Cl)cccc3Cl)C2=O)cc(Br)c1OCc1ccccc1. The van der Waals surface area contributed by atoms with Crippen molar-refractivity contribution in [1.82, 2.24) is 4.90 Å². The Kier molecular flexibility index (Phi) is 8.44. The summed E-state index contributed by atoms with van der Waals surface area (Å²) in [5.74, 6) is 0.690. The van der Waals surface area contributed by atoms with E-state index in [1.54, 1.807) is 30.3 Å². The molecule has 1 heterocycles. The molecule has 0 spiro atoms. The van der Waals surface area contributed by atoms with Crippen LogP contribution in [0, 0.1) is 0 Å². The normalized spacial score (nSPS) is 14.6. The largest absolute Gasteiger partial charge is 0.490 e. The van der Waals surface area contributed by atoms with Crippen molar-refractivity contribution in [3.63, 3.8) is 0 Å². The zero-order chi connectivity index (χ0) is 24.9. The number of ether oxygens (including phenoxy) is 2. The van der Waals surface area contributed by atoms with E-state index in [-0.39, 0.29) is 11.8 Å². The van der Waals surface area contributed by atoms with Crippen molar-refractivity contribution in [3.8, 4) is 11.5 Å². The van der Waals surface area contributed by atoms with Gasteiger partial charge in [-0.2, -0.15) is 0 Å². The predicted octanol–water partition coefficient (Wildman–Crippen LogP) is 7.97. The van der Waals surface area contributed by atoms with E-state index in [0.717, 1.165) is 22.2 Å². The minimum absolute atomic E-state index is 0.000662. The number of hydrogen-bond acceptors (Lipinski definition) is 5. The first-order valence-corrected chi connectivity index (χ1v) is 13.0. The molecule has 0 bridgehead atoms. The average molecular weight is 593 g/mol. The summed E-state index contributed by atoms with van der Waals surface area (Å²) >= 11 is 16.9. The van der Waals surface area contributed by atoms with Gasteiger partial charge >= 0.3 is 0 Å². The highest BCUT2D eigenvalue weighted by Crippen LogP contribution is 2.40. The molecular formula is C26H20BrCl2NO4S. The standard InChI is InChI=1S/C26H20BrCl2NO4S/c1-2-33-22-12-17(11-19(27)24(22)34-15-16-7-4-3-5-8-16)13-23-25(31)30(26(32)35-23)14-18-20(28)9-6-10-21(18)29/h3-13H,2,14-15H2,1H3/b23-13+. The van der Waals surface area contributed by atoms with Crippen molar-refractivity contribution in [2.45, 2.75) is 20.1 Å². The third kappa shape index (κ3) is 6.04. The number of thioether (sulfide) groups is 1. The second-order valence-corrected chi connectivity index (χ2v) is 10.2. The molecule has 0 saturated carbocycles. The molecular weight excluding hydrogens is 573 g/mol. The molecule has 1 fully saturated rings. The Bertz CT molecular complexity index is 1280. The lowest BCUT2D eigenvalue weighted by molar-refractivity contribution is -0.123. The number of halogens is 3. The second-order valence-electron chi connectivity index (χ2n) is 7.51. The molecule has 1 aliphatic heterocycles. The Hall–Kier alpha value is -2.45. The second kappa shape index (κ2) is 11.5. The van der Waals surface area contributed by atoms with Crippen LogP contribution < -0.4 is 9.47 Å². The van der Waals surface area contributed by atoms with Crippen molar-refractivity contribution in [2.75, 3.05) is 6.61 Å². The maximum Gasteiger partial charge on any atom is 0.293 e. The van der Waals surface area contributed by atoms with Gasteiger partial charge in [0.15, 0.2) is 11.5 Å². The Labute approximate surface area is 226 Å². The van der Waals surface area contributed by atoms with Crippen LogP contribution >= 0.6 is 50.9 Å². The van der Waals surface area contributed by atoms with Crippen molar-refractivity contribution >= 4 is 68.1 Å². The molecule has 0 N–H and O–H groups in total. The molecule has 0 aromatic heterocycles. The van der Waals surface area contributed by atoms with Gasteiger partial charge < -0.3 is 9.47 Å². The molecule has 5 nitrogen and oxygen atoms in total. The van der Waals surface area contributed by atoms with Gasteiger partial charge in [-0.15, -0.1) is 0 Å². The Morgan fingerprint density at radius 2 is 1.71 bits per heavy atom. The molecule has 1 saturated heterocycles. The Morgan fingerprint density at radius 1 is 1.00 bits per heavy atom. The van der Waals surface area contributed by atoms with Crippen LogP contribution in [0.2, 0.25) is 10.0 Å². The number of rotatable bonds is 8. The molecule has 3 aromatic carbocycles. The number of carbonyl (C=O) groups excluding carboxylic acids is 2. The Balaban J connectivity index is 1.57. The highest BCUT2D eigenvalue weighted by molar-refractivity contribution is 9.10. The van der Waals surface area contributed by atoms with Gasteiger partial charge in [0.05, 0.1) is 22.5 Å². The smallest absolute Gasteiger partial charge is 0.293 e. The zero-order valence-electron chi connectivity index (χ0n) is 18.6. The number of carbonyl (C=O) groups is 2. The molecule has 2 amide bonds. The molecule has 35 heavy (non-hydrogen) atoms. The Morgan fingerprint density at radius 3 is 2.40 bits per heavy atom. The summed E-state index contributed by atoms with van der Waals surface area (Å²) in [5.41, 5.74) is 2.24. The molecule has 0 radical (unpaired) electrons. The summed E-state index contributed by atoms with van der Waals surface area (Å²) in [5, 5.41) is 0.415. The highest BCUT2D eigenvalue weighted by Gasteiger charge is 2.35. The summed E-state index contributed by atoms with van der Waals surface area (Å²) in [6.45, 7) is 2.70. The van der Waals surface area contributed by atoms with E-state index in [0.29, 0.717) is 55.3 Å². The van der Waals surface area contributed by atoms with Gasteiger partial charge in [-0.25, -0.2) is 0 Å². The molecule has 0 atom stereocenters. The maximum atomic E-state index is 13.0. The molecule has 9 heteroatoms. The van der Waals surface area contributed by atoms with E-state index in [9.17, 15) is 9.59 Å². The van der Waals surface area contributed by atoms with Crippen molar-refractivity contribution in [3.05, 3.63) is 96.8 Å². The van der Waals surface area contributed by atoms with Crippen LogP contribution in [0.5, 0.6) is 11.5 Å². The summed E-state index contributed by atoms with van der Waals surface area (Å²) in [7, 11) is 0. The number of amides is 2. The monoisotopic (exact) mass is 591 g/mol. The first-order chi connectivity index (χ1) is 16.9. The van der Waals surface area contributed by atoms with Gasteiger partial charge in [0.2, 0.25) is 0 Å². The minimum Gasteiger partial charge on any atom is -0.490 e. The van der Waals surface area contributed by atoms with Gasteiger partial charge in [-0.3, -0.25) is 14.5 Å². The van der Waals surface area contributed by atoms with Gasteiger partial charge in [-0.1, -0.05) is 59.6 Å². The third-order valence-electron chi connectivity index (χ3n) is 5.11. The highest BCUT2D eigenvalue weighted by atomic mass is 79.9. The molecule has 4 rings (SSSR count). The van der Waals surface area contributed by atoms with Gasteiger partial charge in [0, 0.05) is 15.6 Å². The topological polar surface area (TPSA) is 55.8 Å². The predicted molar refractivity (Wildman–Crippen MR) is 144 cm³/mol. The van der Waals surface area contributed by atoms with Crippen LogP contribution in [0.25, 0.3) is 6.08 Å². The van der Waals surface area contributed by atoms with E-state index in [1.807, 2.05) is 43.3 Å². The lowest BCUT2D eigenvalue weighted by atomic mass is 10.1. The molecule has 0 unspecified atom stereocenters. The van der Waals surface area contributed by atoms with Gasteiger partial charge in [-0.05, 0) is 76.1 Å². The molecule has 1 aliphatic rings. The lowest BCUT2D eigenvalue weighted by Crippen LogP contribution is -2.27. The van der Waals surface area contributed by atoms with Crippen LogP contribution in [0.3, 0.4) is 0 Å². The first kappa shape index (κ1) is 25.6.